The molecule has 2 N–H and O–H groups in total. The third-order valence-electron chi connectivity index (χ3n) is 3.99. The zero-order valence-corrected chi connectivity index (χ0v) is 10.3. The first-order chi connectivity index (χ1) is 8.75. The molecule has 3 rings (SSSR count). The van der Waals surface area contributed by atoms with Gasteiger partial charge >= 0.3 is 5.97 Å². The van der Waals surface area contributed by atoms with E-state index in [1.54, 1.807) is 0 Å². The first kappa shape index (κ1) is 11.6. The molecule has 0 aromatic carbocycles. The quantitative estimate of drug-likeness (QED) is 0.793. The Kier molecular flexibility index (Phi) is 3.03. The number of hydrogen-bond acceptors (Lipinski definition) is 4. The predicted molar refractivity (Wildman–Crippen MR) is 64.3 cm³/mol. The number of nitrogens with one attached hydrogen (secondary N) is 1. The summed E-state index contributed by atoms with van der Waals surface area (Å²) >= 11 is 0. The van der Waals surface area contributed by atoms with Crippen molar-refractivity contribution in [3.05, 3.63) is 11.6 Å². The first-order valence-electron chi connectivity index (χ1n) is 6.61. The van der Waals surface area contributed by atoms with Gasteiger partial charge in [0.2, 0.25) is 0 Å². The number of hydrogen-bond donors (Lipinski definition) is 2. The van der Waals surface area contributed by atoms with E-state index in [9.17, 15) is 4.79 Å². The summed E-state index contributed by atoms with van der Waals surface area (Å²) in [6.45, 7) is 2.52. The Morgan fingerprint density at radius 2 is 2.28 bits per heavy atom. The van der Waals surface area contributed by atoms with E-state index in [0.717, 1.165) is 44.0 Å². The minimum absolute atomic E-state index is 0.288. The monoisotopic (exact) mass is 250 g/mol. The van der Waals surface area contributed by atoms with Gasteiger partial charge < -0.3 is 15.0 Å². The molecule has 0 bridgehead atoms. The number of rotatable bonds is 2. The summed E-state index contributed by atoms with van der Waals surface area (Å²) in [4.78, 5) is 11.1. The van der Waals surface area contributed by atoms with Crippen LogP contribution in [-0.4, -0.2) is 38.9 Å². The molecule has 2 aliphatic rings. The number of carbonyl (C=O) groups is 1. The summed E-state index contributed by atoms with van der Waals surface area (Å²) in [5.41, 5.74) is 0. The molecule has 0 radical (unpaired) electrons. The Balaban J connectivity index is 1.84. The SMILES string of the molecule is O=C(O)C1CCc2nnc(C3CCCNC3)n2C1. The molecule has 1 aromatic rings. The smallest absolute Gasteiger partial charge is 0.308 e. The van der Waals surface area contributed by atoms with Crippen LogP contribution in [0.4, 0.5) is 0 Å². The number of carboxylic acid groups (broad SMARTS) is 1. The molecule has 2 atom stereocenters. The fourth-order valence-electron chi connectivity index (χ4n) is 2.92. The summed E-state index contributed by atoms with van der Waals surface area (Å²) in [5, 5.41) is 21.0. The van der Waals surface area contributed by atoms with Crippen molar-refractivity contribution in [2.45, 2.75) is 38.1 Å². The zero-order valence-electron chi connectivity index (χ0n) is 10.3. The van der Waals surface area contributed by atoms with Crippen LogP contribution in [0.2, 0.25) is 0 Å². The van der Waals surface area contributed by atoms with Crippen molar-refractivity contribution in [2.75, 3.05) is 13.1 Å². The number of aliphatic carboxylic acids is 1. The number of carboxylic acids is 1. The minimum atomic E-state index is -0.706. The fourth-order valence-corrected chi connectivity index (χ4v) is 2.92. The zero-order chi connectivity index (χ0) is 12.5. The van der Waals surface area contributed by atoms with E-state index < -0.39 is 5.97 Å². The van der Waals surface area contributed by atoms with Crippen LogP contribution in [0.15, 0.2) is 0 Å². The summed E-state index contributed by atoms with van der Waals surface area (Å²) in [6.07, 6.45) is 3.67. The number of aromatic nitrogens is 3. The summed E-state index contributed by atoms with van der Waals surface area (Å²) in [5.74, 6) is 1.31. The Bertz CT molecular complexity index is 451. The highest BCUT2D eigenvalue weighted by atomic mass is 16.4. The molecule has 6 heteroatoms. The molecule has 6 nitrogen and oxygen atoms in total. The van der Waals surface area contributed by atoms with Gasteiger partial charge in [-0.1, -0.05) is 0 Å². The van der Waals surface area contributed by atoms with Gasteiger partial charge in [0.15, 0.2) is 0 Å². The maximum atomic E-state index is 11.1. The minimum Gasteiger partial charge on any atom is -0.481 e. The van der Waals surface area contributed by atoms with Gasteiger partial charge in [-0.2, -0.15) is 0 Å². The van der Waals surface area contributed by atoms with E-state index in [4.69, 9.17) is 5.11 Å². The van der Waals surface area contributed by atoms with Gasteiger partial charge in [-0.3, -0.25) is 4.79 Å². The highest BCUT2D eigenvalue weighted by Gasteiger charge is 2.30. The van der Waals surface area contributed by atoms with Gasteiger partial charge in [0.25, 0.3) is 0 Å². The van der Waals surface area contributed by atoms with Crippen molar-refractivity contribution in [1.82, 2.24) is 20.1 Å². The van der Waals surface area contributed by atoms with Crippen LogP contribution in [0.3, 0.4) is 0 Å². The molecular formula is C12H18N4O2. The standard InChI is InChI=1S/C12H18N4O2/c17-12(18)9-3-4-10-14-15-11(16(10)7-9)8-2-1-5-13-6-8/h8-9,13H,1-7H2,(H,17,18). The Morgan fingerprint density at radius 3 is 3.00 bits per heavy atom. The summed E-state index contributed by atoms with van der Waals surface area (Å²) in [7, 11) is 0. The molecule has 0 aliphatic carbocycles. The van der Waals surface area contributed by atoms with E-state index in [-0.39, 0.29) is 5.92 Å². The first-order valence-corrected chi connectivity index (χ1v) is 6.61. The molecule has 3 heterocycles. The third kappa shape index (κ3) is 2.01. The molecule has 18 heavy (non-hydrogen) atoms. The lowest BCUT2D eigenvalue weighted by atomic mass is 9.96. The molecular weight excluding hydrogens is 232 g/mol. The van der Waals surface area contributed by atoms with Crippen molar-refractivity contribution < 1.29 is 9.90 Å². The number of nitrogens with zero attached hydrogens (tertiary/aromatic N) is 3. The van der Waals surface area contributed by atoms with E-state index in [1.165, 1.54) is 0 Å². The molecule has 1 saturated heterocycles. The molecule has 0 amide bonds. The van der Waals surface area contributed by atoms with Crippen LogP contribution in [0.1, 0.15) is 36.8 Å². The fraction of sp³-hybridized carbons (Fsp3) is 0.750. The predicted octanol–water partition coefficient (Wildman–Crippen LogP) is 0.392. The van der Waals surface area contributed by atoms with Crippen molar-refractivity contribution in [3.8, 4) is 0 Å². The lowest BCUT2D eigenvalue weighted by Gasteiger charge is -2.26. The largest absolute Gasteiger partial charge is 0.481 e. The second kappa shape index (κ2) is 4.68. The number of piperidine rings is 1. The van der Waals surface area contributed by atoms with Crippen molar-refractivity contribution in [3.63, 3.8) is 0 Å². The van der Waals surface area contributed by atoms with E-state index in [0.29, 0.717) is 18.9 Å². The third-order valence-corrected chi connectivity index (χ3v) is 3.99. The van der Waals surface area contributed by atoms with Crippen molar-refractivity contribution in [1.29, 1.82) is 0 Å². The Labute approximate surface area is 105 Å². The van der Waals surface area contributed by atoms with Crippen LogP contribution < -0.4 is 5.32 Å². The highest BCUT2D eigenvalue weighted by Crippen LogP contribution is 2.27. The Morgan fingerprint density at radius 1 is 1.39 bits per heavy atom. The second-order valence-corrected chi connectivity index (χ2v) is 5.20. The number of aryl methyl sites for hydroxylation is 1. The van der Waals surface area contributed by atoms with Gasteiger partial charge in [0.1, 0.15) is 11.6 Å². The van der Waals surface area contributed by atoms with Crippen LogP contribution in [0.25, 0.3) is 0 Å². The van der Waals surface area contributed by atoms with Gasteiger partial charge in [0.05, 0.1) is 5.92 Å². The van der Waals surface area contributed by atoms with Gasteiger partial charge in [0, 0.05) is 25.4 Å². The molecule has 0 spiro atoms. The van der Waals surface area contributed by atoms with Crippen molar-refractivity contribution >= 4 is 5.97 Å². The molecule has 1 fully saturated rings. The van der Waals surface area contributed by atoms with E-state index in [1.807, 2.05) is 4.57 Å². The summed E-state index contributed by atoms with van der Waals surface area (Å²) < 4.78 is 2.04. The molecule has 2 aliphatic heterocycles. The van der Waals surface area contributed by atoms with Gasteiger partial charge in [-0.05, 0) is 25.8 Å². The lowest BCUT2D eigenvalue weighted by Crippen LogP contribution is -2.32. The summed E-state index contributed by atoms with van der Waals surface area (Å²) in [6, 6.07) is 0. The van der Waals surface area contributed by atoms with E-state index in [2.05, 4.69) is 15.5 Å². The topological polar surface area (TPSA) is 80.0 Å². The average Bonchev–Trinajstić information content (AvgIpc) is 2.82. The molecule has 0 saturated carbocycles. The van der Waals surface area contributed by atoms with Crippen LogP contribution in [-0.2, 0) is 17.8 Å². The second-order valence-electron chi connectivity index (χ2n) is 5.20. The highest BCUT2D eigenvalue weighted by molar-refractivity contribution is 5.70. The Hall–Kier alpha value is -1.43. The molecule has 1 aromatic heterocycles. The average molecular weight is 250 g/mol. The maximum Gasteiger partial charge on any atom is 0.308 e. The van der Waals surface area contributed by atoms with Crippen LogP contribution in [0, 0.1) is 5.92 Å². The molecule has 2 unspecified atom stereocenters. The van der Waals surface area contributed by atoms with Crippen molar-refractivity contribution in [2.24, 2.45) is 5.92 Å². The van der Waals surface area contributed by atoms with Crippen LogP contribution >= 0.6 is 0 Å². The maximum absolute atomic E-state index is 11.1. The number of fused-ring (bicyclic) bond motifs is 1. The van der Waals surface area contributed by atoms with Crippen LogP contribution in [0.5, 0.6) is 0 Å². The van der Waals surface area contributed by atoms with Gasteiger partial charge in [-0.15, -0.1) is 10.2 Å². The lowest BCUT2D eigenvalue weighted by molar-refractivity contribution is -0.142. The normalized spacial score (nSPS) is 27.8. The molecule has 98 valence electrons. The van der Waals surface area contributed by atoms with Gasteiger partial charge in [-0.25, -0.2) is 0 Å². The van der Waals surface area contributed by atoms with E-state index >= 15 is 0 Å².